The summed E-state index contributed by atoms with van der Waals surface area (Å²) in [4.78, 5) is 29.1. The molecule has 1 aliphatic heterocycles. The molecule has 1 saturated heterocycles. The molecule has 2 amide bonds. The zero-order valence-corrected chi connectivity index (χ0v) is 12.1. The highest BCUT2D eigenvalue weighted by atomic mass is 16.2. The van der Waals surface area contributed by atoms with Crippen LogP contribution in [0.2, 0.25) is 0 Å². The first-order chi connectivity index (χ1) is 10.1. The van der Waals surface area contributed by atoms with Crippen LogP contribution in [0.1, 0.15) is 35.9 Å². The summed E-state index contributed by atoms with van der Waals surface area (Å²) >= 11 is 0. The van der Waals surface area contributed by atoms with Gasteiger partial charge in [-0.3, -0.25) is 19.9 Å². The number of rotatable bonds is 4. The number of amides is 2. The number of nitrogens with zero attached hydrogens (tertiary/aromatic N) is 2. The summed E-state index contributed by atoms with van der Waals surface area (Å²) in [6, 6.07) is 5.60. The molecule has 7 nitrogen and oxygen atoms in total. The van der Waals surface area contributed by atoms with E-state index in [-0.39, 0.29) is 17.9 Å². The van der Waals surface area contributed by atoms with E-state index in [4.69, 9.17) is 5.84 Å². The smallest absolute Gasteiger partial charge is 0.283 e. The Morgan fingerprint density at radius 2 is 2.10 bits per heavy atom. The van der Waals surface area contributed by atoms with Crippen molar-refractivity contribution in [3.63, 3.8) is 0 Å². The molecule has 1 aliphatic rings. The van der Waals surface area contributed by atoms with E-state index in [1.165, 1.54) is 0 Å². The highest BCUT2D eigenvalue weighted by Gasteiger charge is 2.20. The van der Waals surface area contributed by atoms with Crippen molar-refractivity contribution >= 4 is 11.8 Å². The Morgan fingerprint density at radius 3 is 2.71 bits per heavy atom. The van der Waals surface area contributed by atoms with Crippen molar-refractivity contribution in [3.8, 4) is 0 Å². The van der Waals surface area contributed by atoms with Gasteiger partial charge in [0, 0.05) is 32.6 Å². The zero-order valence-electron chi connectivity index (χ0n) is 12.1. The average molecular weight is 291 g/mol. The summed E-state index contributed by atoms with van der Waals surface area (Å²) in [5, 5.41) is 2.95. The maximum absolute atomic E-state index is 11.5. The standard InChI is InChI=1S/C14H21N5O2/c1-10(20)16-11-5-7-19(8-6-11)9-12-3-2-4-13(17-12)14(21)18-15/h2-4,11H,5-9,15H2,1H3,(H,16,20)(H,18,21). The van der Waals surface area contributed by atoms with E-state index < -0.39 is 0 Å². The monoisotopic (exact) mass is 291 g/mol. The maximum Gasteiger partial charge on any atom is 0.283 e. The number of carbonyl (C=O) groups is 2. The lowest BCUT2D eigenvalue weighted by molar-refractivity contribution is -0.119. The first-order valence-electron chi connectivity index (χ1n) is 7.05. The van der Waals surface area contributed by atoms with Crippen LogP contribution in [0.3, 0.4) is 0 Å². The largest absolute Gasteiger partial charge is 0.354 e. The van der Waals surface area contributed by atoms with E-state index in [0.29, 0.717) is 12.2 Å². The molecule has 0 saturated carbocycles. The summed E-state index contributed by atoms with van der Waals surface area (Å²) in [5.41, 5.74) is 3.24. The van der Waals surface area contributed by atoms with Crippen molar-refractivity contribution in [2.75, 3.05) is 13.1 Å². The Morgan fingerprint density at radius 1 is 1.38 bits per heavy atom. The Balaban J connectivity index is 1.89. The van der Waals surface area contributed by atoms with Crippen molar-refractivity contribution in [2.24, 2.45) is 5.84 Å². The summed E-state index contributed by atoms with van der Waals surface area (Å²) in [5.74, 6) is 4.74. The van der Waals surface area contributed by atoms with Crippen LogP contribution in [0.4, 0.5) is 0 Å². The number of nitrogens with two attached hydrogens (primary N) is 1. The van der Waals surface area contributed by atoms with Crippen molar-refractivity contribution in [3.05, 3.63) is 29.6 Å². The van der Waals surface area contributed by atoms with E-state index >= 15 is 0 Å². The minimum atomic E-state index is -0.388. The molecule has 4 N–H and O–H groups in total. The van der Waals surface area contributed by atoms with E-state index in [1.807, 2.05) is 6.07 Å². The van der Waals surface area contributed by atoms with Gasteiger partial charge in [-0.1, -0.05) is 6.07 Å². The summed E-state index contributed by atoms with van der Waals surface area (Å²) in [6.07, 6.45) is 1.87. The fourth-order valence-electron chi connectivity index (χ4n) is 2.52. The average Bonchev–Trinajstić information content (AvgIpc) is 2.48. The highest BCUT2D eigenvalue weighted by molar-refractivity contribution is 5.91. The predicted octanol–water partition coefficient (Wildman–Crippen LogP) is -0.214. The van der Waals surface area contributed by atoms with E-state index in [9.17, 15) is 9.59 Å². The van der Waals surface area contributed by atoms with Crippen LogP contribution in [0, 0.1) is 0 Å². The number of carbonyl (C=O) groups excluding carboxylic acids is 2. The molecule has 2 rings (SSSR count). The number of hydrogen-bond donors (Lipinski definition) is 3. The minimum absolute atomic E-state index is 0.0237. The van der Waals surface area contributed by atoms with Crippen molar-refractivity contribution in [1.82, 2.24) is 20.6 Å². The zero-order chi connectivity index (χ0) is 15.2. The highest BCUT2D eigenvalue weighted by Crippen LogP contribution is 2.13. The quantitative estimate of drug-likeness (QED) is 0.405. The second kappa shape index (κ2) is 7.14. The first kappa shape index (κ1) is 15.4. The van der Waals surface area contributed by atoms with Gasteiger partial charge in [0.05, 0.1) is 5.69 Å². The molecule has 0 radical (unpaired) electrons. The fourth-order valence-corrected chi connectivity index (χ4v) is 2.52. The minimum Gasteiger partial charge on any atom is -0.354 e. The molecule has 1 fully saturated rings. The number of pyridine rings is 1. The van der Waals surface area contributed by atoms with Gasteiger partial charge >= 0.3 is 0 Å². The number of aromatic nitrogens is 1. The van der Waals surface area contributed by atoms with Gasteiger partial charge in [-0.15, -0.1) is 0 Å². The van der Waals surface area contributed by atoms with Gasteiger partial charge in [0.2, 0.25) is 5.91 Å². The van der Waals surface area contributed by atoms with Crippen LogP contribution < -0.4 is 16.6 Å². The van der Waals surface area contributed by atoms with Gasteiger partial charge in [-0.2, -0.15) is 0 Å². The number of hydrazine groups is 1. The number of piperidine rings is 1. The Hall–Kier alpha value is -1.99. The third-order valence-electron chi connectivity index (χ3n) is 3.55. The lowest BCUT2D eigenvalue weighted by atomic mass is 10.0. The maximum atomic E-state index is 11.5. The molecule has 0 aromatic carbocycles. The van der Waals surface area contributed by atoms with E-state index in [1.54, 1.807) is 19.1 Å². The third kappa shape index (κ3) is 4.51. The normalized spacial score (nSPS) is 16.5. The Labute approximate surface area is 123 Å². The van der Waals surface area contributed by atoms with E-state index in [0.717, 1.165) is 31.6 Å². The number of likely N-dealkylation sites (tertiary alicyclic amines) is 1. The first-order valence-corrected chi connectivity index (χ1v) is 7.05. The topological polar surface area (TPSA) is 100 Å². The van der Waals surface area contributed by atoms with Gasteiger partial charge in [-0.25, -0.2) is 10.8 Å². The summed E-state index contributed by atoms with van der Waals surface area (Å²) in [7, 11) is 0. The molecule has 114 valence electrons. The van der Waals surface area contributed by atoms with Crippen LogP contribution in [-0.2, 0) is 11.3 Å². The van der Waals surface area contributed by atoms with Crippen molar-refractivity contribution in [1.29, 1.82) is 0 Å². The molecule has 21 heavy (non-hydrogen) atoms. The molecule has 0 spiro atoms. The second-order valence-corrected chi connectivity index (χ2v) is 5.24. The molecule has 1 aromatic heterocycles. The van der Waals surface area contributed by atoms with Crippen LogP contribution in [0.25, 0.3) is 0 Å². The van der Waals surface area contributed by atoms with Gasteiger partial charge in [0.1, 0.15) is 5.69 Å². The third-order valence-corrected chi connectivity index (χ3v) is 3.55. The lowest BCUT2D eigenvalue weighted by Gasteiger charge is -2.31. The van der Waals surface area contributed by atoms with Gasteiger partial charge in [-0.05, 0) is 25.0 Å². The predicted molar refractivity (Wildman–Crippen MR) is 78.0 cm³/mol. The van der Waals surface area contributed by atoms with Crippen molar-refractivity contribution in [2.45, 2.75) is 32.4 Å². The molecule has 1 aromatic rings. The van der Waals surface area contributed by atoms with Gasteiger partial charge in [0.25, 0.3) is 5.91 Å². The van der Waals surface area contributed by atoms with Crippen molar-refractivity contribution < 1.29 is 9.59 Å². The SMILES string of the molecule is CC(=O)NC1CCN(Cc2cccc(C(=O)NN)n2)CC1. The van der Waals surface area contributed by atoms with Crippen LogP contribution in [-0.4, -0.2) is 40.8 Å². The molecular formula is C14H21N5O2. The molecule has 0 aliphatic carbocycles. The molecule has 7 heteroatoms. The lowest BCUT2D eigenvalue weighted by Crippen LogP contribution is -2.43. The molecular weight excluding hydrogens is 270 g/mol. The second-order valence-electron chi connectivity index (χ2n) is 5.24. The number of nitrogen functional groups attached to an aromatic ring is 1. The van der Waals surface area contributed by atoms with Gasteiger partial charge in [0.15, 0.2) is 0 Å². The molecule has 0 unspecified atom stereocenters. The number of hydrogen-bond acceptors (Lipinski definition) is 5. The summed E-state index contributed by atoms with van der Waals surface area (Å²) in [6.45, 7) is 4.04. The van der Waals surface area contributed by atoms with E-state index in [2.05, 4.69) is 20.6 Å². The molecule has 2 heterocycles. The number of nitrogens with one attached hydrogen (secondary N) is 2. The summed E-state index contributed by atoms with van der Waals surface area (Å²) < 4.78 is 0. The van der Waals surface area contributed by atoms with Gasteiger partial charge < -0.3 is 5.32 Å². The van der Waals surface area contributed by atoms with Crippen LogP contribution in [0.15, 0.2) is 18.2 Å². The molecule has 0 atom stereocenters. The molecule has 0 bridgehead atoms. The fraction of sp³-hybridized carbons (Fsp3) is 0.500. The van der Waals surface area contributed by atoms with Crippen LogP contribution in [0.5, 0.6) is 0 Å². The Bertz CT molecular complexity index is 512. The Kier molecular flexibility index (Phi) is 5.24. The van der Waals surface area contributed by atoms with Crippen LogP contribution >= 0.6 is 0 Å².